The molecule has 2 atom stereocenters. The van der Waals surface area contributed by atoms with Gasteiger partial charge in [-0.2, -0.15) is 0 Å². The number of nitrogens with two attached hydrogens (primary N) is 2. The molecule has 0 aromatic rings. The quantitative estimate of drug-likeness (QED) is 0.321. The first-order chi connectivity index (χ1) is 6.22. The number of hydrogen-bond acceptors (Lipinski definition) is 6. The molecule has 0 bridgehead atoms. The van der Waals surface area contributed by atoms with E-state index in [2.05, 4.69) is 4.52 Å². The van der Waals surface area contributed by atoms with Crippen molar-refractivity contribution >= 4 is 13.8 Å². The standard InChI is InChI=1S/C5H13N2O6P/c1-3(6)12-2-4(7)5(8)13-14(9,10)11/h3-4H,2,6-7H2,1H3,(H2,9,10,11)/t3?,4-/m0/s1. The van der Waals surface area contributed by atoms with E-state index in [0.29, 0.717) is 0 Å². The Balaban J connectivity index is 3.95. The average molecular weight is 228 g/mol. The van der Waals surface area contributed by atoms with Gasteiger partial charge in [0.05, 0.1) is 6.61 Å². The van der Waals surface area contributed by atoms with Crippen LogP contribution < -0.4 is 11.5 Å². The molecule has 8 nitrogen and oxygen atoms in total. The van der Waals surface area contributed by atoms with Crippen LogP contribution in [0.2, 0.25) is 0 Å². The van der Waals surface area contributed by atoms with Crippen LogP contribution in [0.15, 0.2) is 0 Å². The summed E-state index contributed by atoms with van der Waals surface area (Å²) in [6, 6.07) is -1.27. The zero-order valence-corrected chi connectivity index (χ0v) is 8.39. The monoisotopic (exact) mass is 228 g/mol. The fourth-order valence-electron chi connectivity index (χ4n) is 0.508. The van der Waals surface area contributed by atoms with Gasteiger partial charge in [0, 0.05) is 0 Å². The van der Waals surface area contributed by atoms with Gasteiger partial charge in [0.2, 0.25) is 0 Å². The maximum atomic E-state index is 10.8. The molecular formula is C5H13N2O6P. The summed E-state index contributed by atoms with van der Waals surface area (Å²) >= 11 is 0. The molecule has 0 heterocycles. The molecule has 0 aromatic heterocycles. The summed E-state index contributed by atoms with van der Waals surface area (Å²) in [6.07, 6.45) is -0.621. The molecule has 0 aliphatic carbocycles. The minimum Gasteiger partial charge on any atom is -0.369 e. The van der Waals surface area contributed by atoms with E-state index in [1.165, 1.54) is 6.92 Å². The lowest BCUT2D eigenvalue weighted by molar-refractivity contribution is -0.139. The van der Waals surface area contributed by atoms with Crippen LogP contribution in [-0.4, -0.2) is 34.6 Å². The van der Waals surface area contributed by atoms with Crippen molar-refractivity contribution in [2.75, 3.05) is 6.61 Å². The Morgan fingerprint density at radius 1 is 1.50 bits per heavy atom. The van der Waals surface area contributed by atoms with Crippen molar-refractivity contribution in [1.29, 1.82) is 0 Å². The first-order valence-electron chi connectivity index (χ1n) is 3.64. The zero-order chi connectivity index (χ0) is 11.4. The molecule has 14 heavy (non-hydrogen) atoms. The van der Waals surface area contributed by atoms with Crippen molar-refractivity contribution in [2.24, 2.45) is 11.5 Å². The average Bonchev–Trinajstić information content (AvgIpc) is 1.96. The summed E-state index contributed by atoms with van der Waals surface area (Å²) in [7, 11) is -4.84. The number of phosphoric ester groups is 1. The normalized spacial score (nSPS) is 16.1. The predicted octanol–water partition coefficient (Wildman–Crippen LogP) is -1.73. The third-order valence-electron chi connectivity index (χ3n) is 1.05. The second kappa shape index (κ2) is 5.40. The second-order valence-corrected chi connectivity index (χ2v) is 3.71. The summed E-state index contributed by atoms with van der Waals surface area (Å²) in [5.41, 5.74) is 10.4. The van der Waals surface area contributed by atoms with Crippen molar-refractivity contribution in [3.63, 3.8) is 0 Å². The van der Waals surface area contributed by atoms with Crippen molar-refractivity contribution in [2.45, 2.75) is 19.2 Å². The molecule has 0 rings (SSSR count). The fourth-order valence-corrected chi connectivity index (χ4v) is 0.878. The highest BCUT2D eigenvalue weighted by Crippen LogP contribution is 2.35. The van der Waals surface area contributed by atoms with Crippen LogP contribution in [0.1, 0.15) is 6.92 Å². The molecule has 0 saturated heterocycles. The summed E-state index contributed by atoms with van der Waals surface area (Å²) in [5.74, 6) is -1.24. The molecule has 0 aliphatic heterocycles. The van der Waals surface area contributed by atoms with Crippen LogP contribution in [0.3, 0.4) is 0 Å². The highest BCUT2D eigenvalue weighted by atomic mass is 31.2. The molecule has 0 aliphatic rings. The maximum Gasteiger partial charge on any atom is 0.527 e. The van der Waals surface area contributed by atoms with Crippen LogP contribution >= 0.6 is 7.82 Å². The lowest BCUT2D eigenvalue weighted by atomic mass is 10.3. The van der Waals surface area contributed by atoms with Crippen molar-refractivity contribution < 1.29 is 28.4 Å². The highest BCUT2D eigenvalue weighted by molar-refractivity contribution is 7.46. The van der Waals surface area contributed by atoms with Crippen molar-refractivity contribution in [3.8, 4) is 0 Å². The number of carbonyl (C=O) groups excluding carboxylic acids is 1. The predicted molar refractivity (Wildman–Crippen MR) is 45.7 cm³/mol. The summed E-state index contributed by atoms with van der Waals surface area (Å²) in [6.45, 7) is 1.25. The van der Waals surface area contributed by atoms with Crippen LogP contribution in [-0.2, 0) is 18.6 Å². The van der Waals surface area contributed by atoms with E-state index in [9.17, 15) is 9.36 Å². The van der Waals surface area contributed by atoms with E-state index < -0.39 is 26.1 Å². The first-order valence-corrected chi connectivity index (χ1v) is 5.17. The van der Waals surface area contributed by atoms with E-state index in [4.69, 9.17) is 26.0 Å². The van der Waals surface area contributed by atoms with Gasteiger partial charge in [-0.1, -0.05) is 0 Å². The molecule has 0 saturated carbocycles. The lowest BCUT2D eigenvalue weighted by Gasteiger charge is -2.13. The van der Waals surface area contributed by atoms with Crippen molar-refractivity contribution in [3.05, 3.63) is 0 Å². The first kappa shape index (κ1) is 13.5. The van der Waals surface area contributed by atoms with Gasteiger partial charge in [-0.15, -0.1) is 0 Å². The number of phosphoric acid groups is 1. The molecule has 9 heteroatoms. The Hall–Kier alpha value is -0.500. The van der Waals surface area contributed by atoms with Crippen LogP contribution in [0.25, 0.3) is 0 Å². The molecule has 1 unspecified atom stereocenters. The number of ether oxygens (including phenoxy) is 1. The Kier molecular flexibility index (Phi) is 5.21. The molecule has 0 aromatic carbocycles. The number of rotatable bonds is 5. The van der Waals surface area contributed by atoms with Crippen LogP contribution in [0.4, 0.5) is 0 Å². The van der Waals surface area contributed by atoms with Crippen LogP contribution in [0, 0.1) is 0 Å². The molecule has 0 amide bonds. The van der Waals surface area contributed by atoms with E-state index in [-0.39, 0.29) is 6.61 Å². The van der Waals surface area contributed by atoms with Gasteiger partial charge < -0.3 is 20.7 Å². The van der Waals surface area contributed by atoms with E-state index in [1.807, 2.05) is 0 Å². The Morgan fingerprint density at radius 2 is 2.00 bits per heavy atom. The largest absolute Gasteiger partial charge is 0.527 e. The van der Waals surface area contributed by atoms with Crippen LogP contribution in [0.5, 0.6) is 0 Å². The third-order valence-corrected chi connectivity index (χ3v) is 1.47. The summed E-state index contributed by atoms with van der Waals surface area (Å²) in [5, 5.41) is 0. The van der Waals surface area contributed by atoms with Gasteiger partial charge in [-0.3, -0.25) is 9.79 Å². The molecule has 0 radical (unpaired) electrons. The Bertz CT molecular complexity index is 238. The molecule has 6 N–H and O–H groups in total. The molecule has 0 fully saturated rings. The molecule has 0 spiro atoms. The molecular weight excluding hydrogens is 215 g/mol. The van der Waals surface area contributed by atoms with Gasteiger partial charge >= 0.3 is 13.8 Å². The second-order valence-electron chi connectivity index (χ2n) is 2.55. The SMILES string of the molecule is CC(N)OC[C@H](N)C(=O)OP(=O)(O)O. The highest BCUT2D eigenvalue weighted by Gasteiger charge is 2.25. The third kappa shape index (κ3) is 6.96. The molecule has 84 valence electrons. The van der Waals surface area contributed by atoms with E-state index in [0.717, 1.165) is 0 Å². The van der Waals surface area contributed by atoms with Gasteiger partial charge in [-0.05, 0) is 6.92 Å². The minimum absolute atomic E-state index is 0.267. The van der Waals surface area contributed by atoms with Gasteiger partial charge in [0.25, 0.3) is 0 Å². The number of carbonyl (C=O) groups is 1. The fraction of sp³-hybridized carbons (Fsp3) is 0.800. The maximum absolute atomic E-state index is 10.8. The lowest BCUT2D eigenvalue weighted by Crippen LogP contribution is -2.38. The van der Waals surface area contributed by atoms with Gasteiger partial charge in [0.1, 0.15) is 12.3 Å². The number of hydrogen-bond donors (Lipinski definition) is 4. The van der Waals surface area contributed by atoms with Gasteiger partial charge in [0.15, 0.2) is 0 Å². The summed E-state index contributed by atoms with van der Waals surface area (Å²) < 4.78 is 18.7. The minimum atomic E-state index is -4.84. The Labute approximate surface area is 80.4 Å². The van der Waals surface area contributed by atoms with E-state index >= 15 is 0 Å². The van der Waals surface area contributed by atoms with E-state index in [1.54, 1.807) is 0 Å². The smallest absolute Gasteiger partial charge is 0.369 e. The Morgan fingerprint density at radius 3 is 2.36 bits per heavy atom. The van der Waals surface area contributed by atoms with Crippen molar-refractivity contribution in [1.82, 2.24) is 0 Å². The topological polar surface area (TPSA) is 145 Å². The van der Waals surface area contributed by atoms with Gasteiger partial charge in [-0.25, -0.2) is 9.36 Å². The zero-order valence-electron chi connectivity index (χ0n) is 7.49. The summed E-state index contributed by atoms with van der Waals surface area (Å²) in [4.78, 5) is 27.3.